The summed E-state index contributed by atoms with van der Waals surface area (Å²) in [5.41, 5.74) is 0.710. The molecule has 0 bridgehead atoms. The molecule has 0 unspecified atom stereocenters. The van der Waals surface area contributed by atoms with Crippen molar-refractivity contribution in [3.8, 4) is 5.75 Å². The van der Waals surface area contributed by atoms with Crippen molar-refractivity contribution in [1.29, 1.82) is 0 Å². The number of nitrogens with one attached hydrogen (secondary N) is 1. The molecule has 20 heavy (non-hydrogen) atoms. The Balaban J connectivity index is 2.84. The zero-order valence-electron chi connectivity index (χ0n) is 11.9. The molecule has 1 aromatic carbocycles. The summed E-state index contributed by atoms with van der Waals surface area (Å²) in [5.74, 6) is -1.43. The number of esters is 1. The summed E-state index contributed by atoms with van der Waals surface area (Å²) in [5, 5.41) is 12.3. The zero-order valence-corrected chi connectivity index (χ0v) is 11.9. The lowest BCUT2D eigenvalue weighted by atomic mass is 10.1. The van der Waals surface area contributed by atoms with Gasteiger partial charge in [-0.15, -0.1) is 0 Å². The average Bonchev–Trinajstić information content (AvgIpc) is 2.40. The topological polar surface area (TPSA) is 75.6 Å². The third-order valence-corrected chi connectivity index (χ3v) is 2.75. The molecule has 5 nitrogen and oxygen atoms in total. The number of rotatable bonds is 8. The van der Waals surface area contributed by atoms with Gasteiger partial charge in [0.15, 0.2) is 0 Å². The highest BCUT2D eigenvalue weighted by Crippen LogP contribution is 2.23. The number of carboxylic acids is 1. The number of carbonyl (C=O) groups is 2. The van der Waals surface area contributed by atoms with Crippen LogP contribution in [0.3, 0.4) is 0 Å². The fraction of sp³-hybridized carbons (Fsp3) is 0.467. The summed E-state index contributed by atoms with van der Waals surface area (Å²) in [7, 11) is 0. The van der Waals surface area contributed by atoms with Gasteiger partial charge >= 0.3 is 11.9 Å². The Morgan fingerprint density at radius 1 is 1.25 bits per heavy atom. The van der Waals surface area contributed by atoms with Crippen molar-refractivity contribution in [2.45, 2.75) is 39.5 Å². The van der Waals surface area contributed by atoms with E-state index in [1.54, 1.807) is 6.07 Å². The summed E-state index contributed by atoms with van der Waals surface area (Å²) < 4.78 is 5.08. The maximum Gasteiger partial charge on any atom is 0.339 e. The van der Waals surface area contributed by atoms with Crippen LogP contribution in [0.4, 0.5) is 5.69 Å². The summed E-state index contributed by atoms with van der Waals surface area (Å²) in [4.78, 5) is 22.7. The van der Waals surface area contributed by atoms with Crippen LogP contribution >= 0.6 is 0 Å². The van der Waals surface area contributed by atoms with Gasteiger partial charge in [-0.25, -0.2) is 4.79 Å². The Bertz CT molecular complexity index is 471. The van der Waals surface area contributed by atoms with E-state index in [-0.39, 0.29) is 17.7 Å². The highest BCUT2D eigenvalue weighted by atomic mass is 16.5. The lowest BCUT2D eigenvalue weighted by Crippen LogP contribution is -2.11. The number of benzene rings is 1. The van der Waals surface area contributed by atoms with Gasteiger partial charge in [-0.2, -0.15) is 0 Å². The fourth-order valence-electron chi connectivity index (χ4n) is 1.68. The molecule has 0 heterocycles. The number of hydrogen-bond donors (Lipinski definition) is 2. The Morgan fingerprint density at radius 3 is 2.60 bits per heavy atom. The second-order valence-corrected chi connectivity index (χ2v) is 4.52. The molecule has 2 N–H and O–H groups in total. The van der Waals surface area contributed by atoms with Gasteiger partial charge in [0.05, 0.1) is 0 Å². The van der Waals surface area contributed by atoms with Crippen LogP contribution in [-0.2, 0) is 4.79 Å². The Kier molecular flexibility index (Phi) is 6.56. The summed E-state index contributed by atoms with van der Waals surface area (Å²) in [6.45, 7) is 4.73. The monoisotopic (exact) mass is 279 g/mol. The van der Waals surface area contributed by atoms with Gasteiger partial charge in [-0.05, 0) is 31.0 Å². The van der Waals surface area contributed by atoms with Crippen LogP contribution in [0.2, 0.25) is 0 Å². The lowest BCUT2D eigenvalue weighted by molar-refractivity contribution is -0.134. The second kappa shape index (κ2) is 8.19. The molecule has 0 aromatic heterocycles. The van der Waals surface area contributed by atoms with Gasteiger partial charge in [0.25, 0.3) is 0 Å². The molecule has 0 atom stereocenters. The van der Waals surface area contributed by atoms with Crippen LogP contribution < -0.4 is 10.1 Å². The first-order valence-corrected chi connectivity index (χ1v) is 6.90. The van der Waals surface area contributed by atoms with Crippen LogP contribution in [0.5, 0.6) is 5.75 Å². The molecule has 0 radical (unpaired) electrons. The largest absolute Gasteiger partial charge is 0.478 e. The van der Waals surface area contributed by atoms with E-state index in [1.165, 1.54) is 12.1 Å². The van der Waals surface area contributed by atoms with Crippen LogP contribution in [-0.4, -0.2) is 23.6 Å². The van der Waals surface area contributed by atoms with Crippen molar-refractivity contribution in [2.75, 3.05) is 11.9 Å². The lowest BCUT2D eigenvalue weighted by Gasteiger charge is -2.10. The van der Waals surface area contributed by atoms with Crippen molar-refractivity contribution >= 4 is 17.6 Å². The molecule has 0 spiro atoms. The molecule has 1 aromatic rings. The summed E-state index contributed by atoms with van der Waals surface area (Å²) >= 11 is 0. The van der Waals surface area contributed by atoms with Crippen LogP contribution in [0, 0.1) is 0 Å². The van der Waals surface area contributed by atoms with Crippen molar-refractivity contribution < 1.29 is 19.4 Å². The molecule has 0 aliphatic rings. The van der Waals surface area contributed by atoms with Crippen molar-refractivity contribution in [3.05, 3.63) is 23.8 Å². The molecule has 0 fully saturated rings. The van der Waals surface area contributed by atoms with Crippen molar-refractivity contribution in [1.82, 2.24) is 0 Å². The van der Waals surface area contributed by atoms with Gasteiger partial charge in [-0.1, -0.05) is 20.3 Å². The average molecular weight is 279 g/mol. The predicted octanol–water partition coefficient (Wildman–Crippen LogP) is 3.30. The van der Waals surface area contributed by atoms with E-state index in [1.807, 2.05) is 6.92 Å². The molecular weight excluding hydrogens is 258 g/mol. The molecule has 0 saturated heterocycles. The molecule has 0 aliphatic heterocycles. The minimum atomic E-state index is -1.11. The maximum absolute atomic E-state index is 11.5. The molecule has 110 valence electrons. The molecule has 1 rings (SSSR count). The minimum Gasteiger partial charge on any atom is -0.478 e. The Hall–Kier alpha value is -2.04. The van der Waals surface area contributed by atoms with Crippen LogP contribution in [0.1, 0.15) is 49.9 Å². The number of anilines is 1. The van der Waals surface area contributed by atoms with E-state index in [2.05, 4.69) is 12.2 Å². The molecule has 0 amide bonds. The standard InChI is InChI=1S/C15H21NO4/c1-3-5-9-16-11-7-8-13(12(10-11)15(18)19)20-14(17)6-4-2/h7-8,10,16H,3-6,9H2,1-2H3,(H,18,19). The number of hydrogen-bond acceptors (Lipinski definition) is 4. The zero-order chi connectivity index (χ0) is 15.0. The highest BCUT2D eigenvalue weighted by molar-refractivity contribution is 5.93. The van der Waals surface area contributed by atoms with Crippen LogP contribution in [0.15, 0.2) is 18.2 Å². The molecular formula is C15H21NO4. The molecule has 0 saturated carbocycles. The summed E-state index contributed by atoms with van der Waals surface area (Å²) in [6.07, 6.45) is 3.01. The van der Waals surface area contributed by atoms with Crippen molar-refractivity contribution in [2.24, 2.45) is 0 Å². The first-order valence-electron chi connectivity index (χ1n) is 6.90. The van der Waals surface area contributed by atoms with E-state index in [0.717, 1.165) is 19.4 Å². The SMILES string of the molecule is CCCCNc1ccc(OC(=O)CCC)c(C(=O)O)c1. The third-order valence-electron chi connectivity index (χ3n) is 2.75. The Morgan fingerprint density at radius 2 is 2.00 bits per heavy atom. The molecule has 0 aliphatic carbocycles. The highest BCUT2D eigenvalue weighted by Gasteiger charge is 2.15. The van der Waals surface area contributed by atoms with E-state index < -0.39 is 11.9 Å². The number of unbranched alkanes of at least 4 members (excludes halogenated alkanes) is 1. The van der Waals surface area contributed by atoms with Gasteiger partial charge in [0, 0.05) is 18.7 Å². The number of ether oxygens (including phenoxy) is 1. The Labute approximate surface area is 118 Å². The quantitative estimate of drug-likeness (QED) is 0.434. The number of aromatic carboxylic acids is 1. The van der Waals surface area contributed by atoms with E-state index in [0.29, 0.717) is 12.1 Å². The first-order chi connectivity index (χ1) is 9.58. The first kappa shape index (κ1) is 16.0. The number of carbonyl (C=O) groups excluding carboxylic acids is 1. The number of carboxylic acid groups (broad SMARTS) is 1. The molecule has 5 heteroatoms. The minimum absolute atomic E-state index is 0.00375. The van der Waals surface area contributed by atoms with Gasteiger partial charge in [0.2, 0.25) is 0 Å². The van der Waals surface area contributed by atoms with E-state index in [4.69, 9.17) is 4.74 Å². The van der Waals surface area contributed by atoms with Gasteiger partial charge in [0.1, 0.15) is 11.3 Å². The van der Waals surface area contributed by atoms with E-state index in [9.17, 15) is 14.7 Å². The normalized spacial score (nSPS) is 10.1. The van der Waals surface area contributed by atoms with E-state index >= 15 is 0 Å². The third kappa shape index (κ3) is 4.91. The van der Waals surface area contributed by atoms with Gasteiger partial charge < -0.3 is 15.2 Å². The smallest absolute Gasteiger partial charge is 0.339 e. The van der Waals surface area contributed by atoms with Crippen LogP contribution in [0.25, 0.3) is 0 Å². The van der Waals surface area contributed by atoms with Crippen molar-refractivity contribution in [3.63, 3.8) is 0 Å². The predicted molar refractivity (Wildman–Crippen MR) is 77.3 cm³/mol. The van der Waals surface area contributed by atoms with Gasteiger partial charge in [-0.3, -0.25) is 4.79 Å². The second-order valence-electron chi connectivity index (χ2n) is 4.52. The maximum atomic E-state index is 11.5. The summed E-state index contributed by atoms with van der Waals surface area (Å²) in [6, 6.07) is 4.73. The fourth-order valence-corrected chi connectivity index (χ4v) is 1.68.